The van der Waals surface area contributed by atoms with Gasteiger partial charge in [0.15, 0.2) is 0 Å². The maximum Gasteiger partial charge on any atom is 0.242 e. The number of likely N-dealkylation sites (tertiary alicyclic amines) is 1. The Balaban J connectivity index is 0.000000892. The molecule has 2 rings (SSSR count). The normalized spacial score (nSPS) is 20.8. The zero-order valence-electron chi connectivity index (χ0n) is 18.2. The fraction of sp³-hybridized carbons (Fsp3) is 0.857. The molecule has 1 atom stereocenters. The van der Waals surface area contributed by atoms with Gasteiger partial charge in [0.2, 0.25) is 17.7 Å². The number of piperidine rings is 1. The van der Waals surface area contributed by atoms with Crippen molar-refractivity contribution in [2.24, 2.45) is 17.6 Å². The van der Waals surface area contributed by atoms with E-state index in [0.717, 1.165) is 44.6 Å². The summed E-state index contributed by atoms with van der Waals surface area (Å²) in [6.45, 7) is 11.4. The van der Waals surface area contributed by atoms with Gasteiger partial charge in [-0.3, -0.25) is 14.4 Å². The third-order valence-corrected chi connectivity index (χ3v) is 5.01. The van der Waals surface area contributed by atoms with Crippen molar-refractivity contribution in [2.45, 2.75) is 72.3 Å². The molecule has 0 aromatic heterocycles. The molecule has 0 aliphatic carbocycles. The van der Waals surface area contributed by atoms with E-state index >= 15 is 0 Å². The van der Waals surface area contributed by atoms with Crippen LogP contribution in [0.1, 0.15) is 66.2 Å². The Morgan fingerprint density at radius 2 is 1.79 bits per heavy atom. The molecule has 3 amide bonds. The molecule has 7 heteroatoms. The van der Waals surface area contributed by atoms with E-state index < -0.39 is 0 Å². The first-order chi connectivity index (χ1) is 13.2. The Labute approximate surface area is 170 Å². The predicted octanol–water partition coefficient (Wildman–Crippen LogP) is 1.75. The third kappa shape index (κ3) is 9.04. The summed E-state index contributed by atoms with van der Waals surface area (Å²) in [5.74, 6) is 0.902. The van der Waals surface area contributed by atoms with Crippen LogP contribution in [0, 0.1) is 11.8 Å². The summed E-state index contributed by atoms with van der Waals surface area (Å²) < 4.78 is 0. The van der Waals surface area contributed by atoms with Crippen molar-refractivity contribution < 1.29 is 14.4 Å². The van der Waals surface area contributed by atoms with Gasteiger partial charge < -0.3 is 20.9 Å². The minimum atomic E-state index is -0.274. The number of primary amides is 1. The lowest BCUT2D eigenvalue weighted by Gasteiger charge is -2.36. The summed E-state index contributed by atoms with van der Waals surface area (Å²) >= 11 is 0. The highest BCUT2D eigenvalue weighted by atomic mass is 16.2. The van der Waals surface area contributed by atoms with Gasteiger partial charge in [0.05, 0.1) is 12.6 Å². The number of hydrogen-bond donors (Lipinski definition) is 2. The summed E-state index contributed by atoms with van der Waals surface area (Å²) in [7, 11) is 0. The highest BCUT2D eigenvalue weighted by molar-refractivity contribution is 5.88. The number of rotatable bonds is 7. The standard InChI is InChI=1S/C17H30N4O3.C4H10/c1-2-3-4-14-17(24)21(10-7-19-14)12-16(23)20-8-5-13(6-9-20)11-15(18)22;1-4(2)3/h13-14,19H,2-12H2,1H3,(H2,18,22);4H,1-3H3. The Morgan fingerprint density at radius 1 is 1.18 bits per heavy atom. The molecule has 0 aromatic rings. The molecule has 1 unspecified atom stereocenters. The Hall–Kier alpha value is -1.63. The van der Waals surface area contributed by atoms with Crippen LogP contribution in [0.3, 0.4) is 0 Å². The zero-order chi connectivity index (χ0) is 21.1. The Kier molecular flexibility index (Phi) is 11.1. The SMILES string of the molecule is CC(C)C.CCCCC1NCCN(CC(=O)N2CCC(CC(N)=O)CC2)C1=O. The van der Waals surface area contributed by atoms with Crippen LogP contribution in [0.4, 0.5) is 0 Å². The second-order valence-corrected chi connectivity index (χ2v) is 8.64. The minimum absolute atomic E-state index is 0.0111. The summed E-state index contributed by atoms with van der Waals surface area (Å²) in [6.07, 6.45) is 4.92. The van der Waals surface area contributed by atoms with Gasteiger partial charge in [-0.25, -0.2) is 0 Å². The van der Waals surface area contributed by atoms with Crippen LogP contribution in [-0.2, 0) is 14.4 Å². The largest absolute Gasteiger partial charge is 0.370 e. The second kappa shape index (κ2) is 12.8. The maximum atomic E-state index is 12.5. The summed E-state index contributed by atoms with van der Waals surface area (Å²) in [5.41, 5.74) is 5.23. The quantitative estimate of drug-likeness (QED) is 0.685. The van der Waals surface area contributed by atoms with Gasteiger partial charge in [0.25, 0.3) is 0 Å². The number of nitrogens with one attached hydrogen (secondary N) is 1. The molecule has 0 spiro atoms. The second-order valence-electron chi connectivity index (χ2n) is 8.64. The molecule has 2 heterocycles. The zero-order valence-corrected chi connectivity index (χ0v) is 18.2. The van der Waals surface area contributed by atoms with Crippen molar-refractivity contribution in [1.82, 2.24) is 15.1 Å². The summed E-state index contributed by atoms with van der Waals surface area (Å²) in [6, 6.07) is -0.146. The first-order valence-electron chi connectivity index (χ1n) is 10.8. The van der Waals surface area contributed by atoms with Crippen LogP contribution < -0.4 is 11.1 Å². The lowest BCUT2D eigenvalue weighted by molar-refractivity contribution is -0.144. The van der Waals surface area contributed by atoms with Crippen LogP contribution in [0.5, 0.6) is 0 Å². The molecule has 2 aliphatic heterocycles. The van der Waals surface area contributed by atoms with E-state index in [9.17, 15) is 14.4 Å². The van der Waals surface area contributed by atoms with E-state index in [2.05, 4.69) is 33.0 Å². The van der Waals surface area contributed by atoms with Crippen LogP contribution in [0.2, 0.25) is 0 Å². The van der Waals surface area contributed by atoms with Crippen molar-refractivity contribution in [1.29, 1.82) is 0 Å². The molecule has 0 radical (unpaired) electrons. The van der Waals surface area contributed by atoms with E-state index in [0.29, 0.717) is 26.1 Å². The lowest BCUT2D eigenvalue weighted by atomic mass is 9.93. The number of carbonyl (C=O) groups excluding carboxylic acids is 3. The number of nitrogens with two attached hydrogens (primary N) is 1. The van der Waals surface area contributed by atoms with Gasteiger partial charge in [-0.05, 0) is 31.1 Å². The van der Waals surface area contributed by atoms with E-state index in [1.54, 1.807) is 4.90 Å². The van der Waals surface area contributed by atoms with Crippen molar-refractivity contribution in [2.75, 3.05) is 32.7 Å². The fourth-order valence-corrected chi connectivity index (χ4v) is 3.52. The van der Waals surface area contributed by atoms with E-state index in [1.807, 2.05) is 4.90 Å². The average molecular weight is 397 g/mol. The molecule has 7 nitrogen and oxygen atoms in total. The number of nitrogens with zero attached hydrogens (tertiary/aromatic N) is 2. The van der Waals surface area contributed by atoms with Gasteiger partial charge in [0, 0.05) is 32.6 Å². The number of unbranched alkanes of at least 4 members (excludes halogenated alkanes) is 1. The number of hydrogen-bond acceptors (Lipinski definition) is 4. The van der Waals surface area contributed by atoms with Crippen molar-refractivity contribution in [3.63, 3.8) is 0 Å². The lowest BCUT2D eigenvalue weighted by Crippen LogP contribution is -2.57. The molecule has 2 aliphatic rings. The minimum Gasteiger partial charge on any atom is -0.370 e. The molecular formula is C21H40N4O3. The van der Waals surface area contributed by atoms with Crippen molar-refractivity contribution >= 4 is 17.7 Å². The molecule has 0 saturated carbocycles. The number of carbonyl (C=O) groups is 3. The molecule has 28 heavy (non-hydrogen) atoms. The molecule has 3 N–H and O–H groups in total. The van der Waals surface area contributed by atoms with Crippen LogP contribution in [0.25, 0.3) is 0 Å². The molecular weight excluding hydrogens is 356 g/mol. The number of amides is 3. The topological polar surface area (TPSA) is 95.7 Å². The van der Waals surface area contributed by atoms with Crippen LogP contribution >= 0.6 is 0 Å². The average Bonchev–Trinajstić information content (AvgIpc) is 2.62. The highest BCUT2D eigenvalue weighted by Gasteiger charge is 2.31. The predicted molar refractivity (Wildman–Crippen MR) is 112 cm³/mol. The molecule has 0 bridgehead atoms. The van der Waals surface area contributed by atoms with E-state index in [-0.39, 0.29) is 36.2 Å². The van der Waals surface area contributed by atoms with Gasteiger partial charge in [-0.15, -0.1) is 0 Å². The molecule has 2 fully saturated rings. The van der Waals surface area contributed by atoms with Gasteiger partial charge >= 0.3 is 0 Å². The Morgan fingerprint density at radius 3 is 2.32 bits per heavy atom. The molecule has 162 valence electrons. The van der Waals surface area contributed by atoms with E-state index in [1.165, 1.54) is 0 Å². The summed E-state index contributed by atoms with van der Waals surface area (Å²) in [5, 5.41) is 3.25. The summed E-state index contributed by atoms with van der Waals surface area (Å²) in [4.78, 5) is 39.4. The highest BCUT2D eigenvalue weighted by Crippen LogP contribution is 2.20. The van der Waals surface area contributed by atoms with Crippen molar-refractivity contribution in [3.8, 4) is 0 Å². The Bertz CT molecular complexity index is 499. The molecule has 2 saturated heterocycles. The van der Waals surface area contributed by atoms with Crippen LogP contribution in [0.15, 0.2) is 0 Å². The van der Waals surface area contributed by atoms with Crippen molar-refractivity contribution in [3.05, 3.63) is 0 Å². The smallest absolute Gasteiger partial charge is 0.242 e. The number of piperazine rings is 1. The first kappa shape index (κ1) is 24.4. The van der Waals surface area contributed by atoms with Gasteiger partial charge in [-0.1, -0.05) is 40.5 Å². The molecule has 0 aromatic carbocycles. The first-order valence-corrected chi connectivity index (χ1v) is 10.8. The van der Waals surface area contributed by atoms with Crippen LogP contribution in [-0.4, -0.2) is 66.3 Å². The van der Waals surface area contributed by atoms with E-state index in [4.69, 9.17) is 5.73 Å². The van der Waals surface area contributed by atoms with Gasteiger partial charge in [0.1, 0.15) is 0 Å². The fourth-order valence-electron chi connectivity index (χ4n) is 3.52. The third-order valence-electron chi connectivity index (χ3n) is 5.01. The van der Waals surface area contributed by atoms with Gasteiger partial charge in [-0.2, -0.15) is 0 Å². The maximum absolute atomic E-state index is 12.5. The monoisotopic (exact) mass is 396 g/mol.